The molecule has 0 saturated carbocycles. The molecule has 1 fully saturated rings. The maximum atomic E-state index is 12.4. The summed E-state index contributed by atoms with van der Waals surface area (Å²) in [6, 6.07) is 13.5. The number of nitrogens with zero attached hydrogens (tertiary/aromatic N) is 1. The summed E-state index contributed by atoms with van der Waals surface area (Å²) < 4.78 is 11.2. The molecule has 0 unspecified atom stereocenters. The number of carbonyl (C=O) groups excluding carboxylic acids is 2. The van der Waals surface area contributed by atoms with Crippen LogP contribution in [0.2, 0.25) is 0 Å². The van der Waals surface area contributed by atoms with Gasteiger partial charge in [0.2, 0.25) is 11.8 Å². The van der Waals surface area contributed by atoms with Crippen LogP contribution in [-0.2, 0) is 16.0 Å². The summed E-state index contributed by atoms with van der Waals surface area (Å²) in [7, 11) is 1.60. The van der Waals surface area contributed by atoms with Crippen molar-refractivity contribution in [3.63, 3.8) is 0 Å². The van der Waals surface area contributed by atoms with Gasteiger partial charge in [0.15, 0.2) is 11.5 Å². The second kappa shape index (κ2) is 13.0. The van der Waals surface area contributed by atoms with Gasteiger partial charge in [-0.15, -0.1) is 0 Å². The Morgan fingerprint density at radius 3 is 2.46 bits per heavy atom. The van der Waals surface area contributed by atoms with Crippen molar-refractivity contribution in [3.05, 3.63) is 59.7 Å². The number of hydrogen-bond acceptors (Lipinski definition) is 5. The smallest absolute Gasteiger partial charge is 0.248 e. The van der Waals surface area contributed by atoms with Crippen LogP contribution in [-0.4, -0.2) is 50.1 Å². The van der Waals surface area contributed by atoms with Gasteiger partial charge in [-0.2, -0.15) is 0 Å². The molecule has 7 nitrogen and oxygen atoms in total. The fourth-order valence-electron chi connectivity index (χ4n) is 4.00. The summed E-state index contributed by atoms with van der Waals surface area (Å²) in [5.41, 5.74) is 8.22. The van der Waals surface area contributed by atoms with Gasteiger partial charge in [-0.3, -0.25) is 9.59 Å². The Morgan fingerprint density at radius 1 is 1.11 bits per heavy atom. The minimum absolute atomic E-state index is 0.0216. The standard InChI is InChI=1S/C28H37N3O4/c1-20(2)19-35-25-10-6-22(18-26(25)34-3)7-11-27(32)30-24-8-4-21(5-9-24)12-15-31-16-13-23(14-17-31)28(29)33/h4-11,18,20,23H,12-17,19H2,1-3H3,(H2,29,33)(H,30,32)/b11-7+. The van der Waals surface area contributed by atoms with Crippen LogP contribution in [0.3, 0.4) is 0 Å². The highest BCUT2D eigenvalue weighted by atomic mass is 16.5. The molecule has 1 heterocycles. The molecule has 0 bridgehead atoms. The van der Waals surface area contributed by atoms with Gasteiger partial charge in [0.05, 0.1) is 13.7 Å². The number of amides is 2. The molecule has 2 aromatic carbocycles. The van der Waals surface area contributed by atoms with E-state index in [1.165, 1.54) is 11.6 Å². The monoisotopic (exact) mass is 479 g/mol. The van der Waals surface area contributed by atoms with Crippen LogP contribution >= 0.6 is 0 Å². The van der Waals surface area contributed by atoms with Crippen molar-refractivity contribution in [2.75, 3.05) is 38.7 Å². The van der Waals surface area contributed by atoms with Crippen molar-refractivity contribution in [2.24, 2.45) is 17.6 Å². The van der Waals surface area contributed by atoms with E-state index in [2.05, 4.69) is 24.1 Å². The summed E-state index contributed by atoms with van der Waals surface area (Å²) >= 11 is 0. The Kier molecular flexibility index (Phi) is 9.73. The van der Waals surface area contributed by atoms with Gasteiger partial charge in [0.1, 0.15) is 0 Å². The first-order valence-corrected chi connectivity index (χ1v) is 12.2. The fraction of sp³-hybridized carbons (Fsp3) is 0.429. The Balaban J connectivity index is 1.46. The molecular weight excluding hydrogens is 442 g/mol. The highest BCUT2D eigenvalue weighted by molar-refractivity contribution is 6.01. The predicted molar refractivity (Wildman–Crippen MR) is 139 cm³/mol. The van der Waals surface area contributed by atoms with Crippen molar-refractivity contribution < 1.29 is 19.1 Å². The van der Waals surface area contributed by atoms with Crippen LogP contribution in [0.5, 0.6) is 11.5 Å². The zero-order valence-electron chi connectivity index (χ0n) is 21.0. The van der Waals surface area contributed by atoms with Gasteiger partial charge in [-0.05, 0) is 79.7 Å². The second-order valence-electron chi connectivity index (χ2n) is 9.40. The molecule has 3 rings (SSSR count). The zero-order valence-corrected chi connectivity index (χ0v) is 21.0. The summed E-state index contributed by atoms with van der Waals surface area (Å²) in [5, 5.41) is 2.90. The molecule has 3 N–H and O–H groups in total. The first kappa shape index (κ1) is 26.3. The third kappa shape index (κ3) is 8.44. The van der Waals surface area contributed by atoms with E-state index in [0.29, 0.717) is 24.0 Å². The summed E-state index contributed by atoms with van der Waals surface area (Å²) in [6.45, 7) is 7.57. The first-order valence-electron chi connectivity index (χ1n) is 12.2. The van der Waals surface area contributed by atoms with E-state index in [4.69, 9.17) is 15.2 Å². The lowest BCUT2D eigenvalue weighted by molar-refractivity contribution is -0.123. The predicted octanol–water partition coefficient (Wildman–Crippen LogP) is 4.12. The molecule has 1 aliphatic heterocycles. The van der Waals surface area contributed by atoms with E-state index >= 15 is 0 Å². The number of benzene rings is 2. The minimum Gasteiger partial charge on any atom is -0.493 e. The van der Waals surface area contributed by atoms with E-state index in [1.54, 1.807) is 13.2 Å². The van der Waals surface area contributed by atoms with Crippen LogP contribution in [0.25, 0.3) is 6.08 Å². The number of methoxy groups -OCH3 is 1. The van der Waals surface area contributed by atoms with E-state index in [-0.39, 0.29) is 17.7 Å². The number of anilines is 1. The van der Waals surface area contributed by atoms with E-state index in [1.807, 2.05) is 42.5 Å². The molecule has 0 aromatic heterocycles. The largest absolute Gasteiger partial charge is 0.493 e. The molecule has 2 aromatic rings. The van der Waals surface area contributed by atoms with Crippen molar-refractivity contribution in [1.82, 2.24) is 4.90 Å². The van der Waals surface area contributed by atoms with E-state index < -0.39 is 0 Å². The molecule has 0 radical (unpaired) electrons. The number of likely N-dealkylation sites (tertiary alicyclic amines) is 1. The fourth-order valence-corrected chi connectivity index (χ4v) is 4.00. The molecular formula is C28H37N3O4. The summed E-state index contributed by atoms with van der Waals surface area (Å²) in [5.74, 6) is 1.40. The van der Waals surface area contributed by atoms with Crippen molar-refractivity contribution in [2.45, 2.75) is 33.1 Å². The maximum Gasteiger partial charge on any atom is 0.248 e. The van der Waals surface area contributed by atoms with Crippen LogP contribution in [0.4, 0.5) is 5.69 Å². The maximum absolute atomic E-state index is 12.4. The molecule has 1 saturated heterocycles. The molecule has 35 heavy (non-hydrogen) atoms. The van der Waals surface area contributed by atoms with E-state index in [9.17, 15) is 9.59 Å². The quantitative estimate of drug-likeness (QED) is 0.473. The highest BCUT2D eigenvalue weighted by Gasteiger charge is 2.22. The Morgan fingerprint density at radius 2 is 1.83 bits per heavy atom. The average Bonchev–Trinajstić information content (AvgIpc) is 2.86. The van der Waals surface area contributed by atoms with Crippen molar-refractivity contribution in [1.29, 1.82) is 0 Å². The van der Waals surface area contributed by atoms with Crippen LogP contribution in [0, 0.1) is 11.8 Å². The van der Waals surface area contributed by atoms with Gasteiger partial charge in [0.25, 0.3) is 0 Å². The highest BCUT2D eigenvalue weighted by Crippen LogP contribution is 2.29. The lowest BCUT2D eigenvalue weighted by Gasteiger charge is -2.30. The third-order valence-corrected chi connectivity index (χ3v) is 6.12. The first-order chi connectivity index (χ1) is 16.8. The number of hydrogen-bond donors (Lipinski definition) is 2. The number of nitrogens with one attached hydrogen (secondary N) is 1. The normalized spacial score (nSPS) is 14.9. The van der Waals surface area contributed by atoms with Gasteiger partial charge in [-0.25, -0.2) is 0 Å². The van der Waals surface area contributed by atoms with Crippen molar-refractivity contribution in [3.8, 4) is 11.5 Å². The number of rotatable bonds is 11. The van der Waals surface area contributed by atoms with Gasteiger partial charge in [0, 0.05) is 24.2 Å². The van der Waals surface area contributed by atoms with Crippen LogP contribution in [0.15, 0.2) is 48.5 Å². The van der Waals surface area contributed by atoms with Gasteiger partial charge >= 0.3 is 0 Å². The minimum atomic E-state index is -0.200. The van der Waals surface area contributed by atoms with E-state index in [0.717, 1.165) is 50.1 Å². The zero-order chi connectivity index (χ0) is 25.2. The summed E-state index contributed by atoms with van der Waals surface area (Å²) in [6.07, 6.45) is 5.87. The molecule has 7 heteroatoms. The Labute approximate surface area is 208 Å². The number of carbonyl (C=O) groups is 2. The molecule has 188 valence electrons. The van der Waals surface area contributed by atoms with Gasteiger partial charge in [-0.1, -0.05) is 32.0 Å². The second-order valence-corrected chi connectivity index (χ2v) is 9.40. The topological polar surface area (TPSA) is 93.9 Å². The molecule has 0 aliphatic carbocycles. The molecule has 1 aliphatic rings. The van der Waals surface area contributed by atoms with Crippen LogP contribution < -0.4 is 20.5 Å². The average molecular weight is 480 g/mol. The third-order valence-electron chi connectivity index (χ3n) is 6.12. The lowest BCUT2D eigenvalue weighted by atomic mass is 9.96. The molecule has 2 amide bonds. The number of piperidine rings is 1. The van der Waals surface area contributed by atoms with Crippen molar-refractivity contribution >= 4 is 23.6 Å². The number of nitrogens with two attached hydrogens (primary N) is 1. The molecule has 0 spiro atoms. The van der Waals surface area contributed by atoms with Gasteiger partial charge < -0.3 is 25.4 Å². The number of primary amides is 1. The SMILES string of the molecule is COc1cc(/C=C/C(=O)Nc2ccc(CCN3CCC(C(N)=O)CC3)cc2)ccc1OCC(C)C. The van der Waals surface area contributed by atoms with Crippen LogP contribution in [0.1, 0.15) is 37.8 Å². The molecule has 0 atom stereocenters. The Hall–Kier alpha value is -3.32. The lowest BCUT2D eigenvalue weighted by Crippen LogP contribution is -2.39. The Bertz CT molecular complexity index is 1010. The number of ether oxygens (including phenoxy) is 2. The summed E-state index contributed by atoms with van der Waals surface area (Å²) in [4.78, 5) is 26.1.